The smallest absolute Gasteiger partial charge is 0.271 e. The molecule has 1 heterocycles. The van der Waals surface area contributed by atoms with Gasteiger partial charge in [-0.15, -0.1) is 0 Å². The van der Waals surface area contributed by atoms with E-state index in [1.54, 1.807) is 13.0 Å². The molecule has 0 fully saturated rings. The molecule has 1 amide bonds. The first-order chi connectivity index (χ1) is 12.9. The fourth-order valence-corrected chi connectivity index (χ4v) is 2.95. The average Bonchev–Trinajstić information content (AvgIpc) is 2.63. The van der Waals surface area contributed by atoms with Gasteiger partial charge in [-0.2, -0.15) is 0 Å². The second-order valence-electron chi connectivity index (χ2n) is 6.12. The first-order valence-corrected chi connectivity index (χ1v) is 8.54. The van der Waals surface area contributed by atoms with Gasteiger partial charge in [0, 0.05) is 6.20 Å². The predicted octanol–water partition coefficient (Wildman–Crippen LogP) is 3.84. The first-order valence-electron chi connectivity index (χ1n) is 8.16. The number of hydrogen-bond acceptors (Lipinski definition) is 3. The number of nitrogens with zero attached hydrogens (tertiary/aromatic N) is 1. The highest BCUT2D eigenvalue weighted by Gasteiger charge is 2.19. The second kappa shape index (κ2) is 7.63. The highest BCUT2D eigenvalue weighted by molar-refractivity contribution is 6.34. The van der Waals surface area contributed by atoms with E-state index < -0.39 is 17.3 Å². The highest BCUT2D eigenvalue weighted by Crippen LogP contribution is 2.28. The van der Waals surface area contributed by atoms with E-state index in [9.17, 15) is 14.0 Å². The Kier molecular flexibility index (Phi) is 5.28. The number of hydrogen-bond donors (Lipinski definition) is 2. The lowest BCUT2D eigenvalue weighted by molar-refractivity contribution is 0.100. The number of aryl methyl sites for hydroxylation is 1. The van der Waals surface area contributed by atoms with Crippen molar-refractivity contribution in [2.75, 3.05) is 5.32 Å². The first kappa shape index (κ1) is 18.7. The van der Waals surface area contributed by atoms with Crippen molar-refractivity contribution in [2.24, 2.45) is 5.73 Å². The van der Waals surface area contributed by atoms with Crippen LogP contribution in [0.4, 0.5) is 15.8 Å². The van der Waals surface area contributed by atoms with Crippen molar-refractivity contribution in [3.05, 3.63) is 92.6 Å². The standard InChI is InChI=1S/C20H17ClFN3O2/c1-12-7-8-16(15(22)9-12)24-18-14(19(23)26)11-25(20(27)17(18)21)10-13-5-3-2-4-6-13/h2-9,11,24H,10H2,1H3,(H2,23,26). The zero-order valence-electron chi connectivity index (χ0n) is 14.5. The maximum Gasteiger partial charge on any atom is 0.271 e. The normalized spacial score (nSPS) is 10.6. The minimum atomic E-state index is -0.784. The summed E-state index contributed by atoms with van der Waals surface area (Å²) in [4.78, 5) is 24.6. The topological polar surface area (TPSA) is 77.1 Å². The largest absolute Gasteiger partial charge is 0.365 e. The van der Waals surface area contributed by atoms with Gasteiger partial charge in [0.15, 0.2) is 0 Å². The fourth-order valence-electron chi connectivity index (χ4n) is 2.69. The number of benzene rings is 2. The van der Waals surface area contributed by atoms with Gasteiger partial charge in [0.05, 0.1) is 23.5 Å². The third kappa shape index (κ3) is 4.01. The highest BCUT2D eigenvalue weighted by atomic mass is 35.5. The minimum absolute atomic E-state index is 0.00416. The summed E-state index contributed by atoms with van der Waals surface area (Å²) in [5, 5.41) is 2.49. The van der Waals surface area contributed by atoms with Crippen LogP contribution in [0.5, 0.6) is 0 Å². The number of aromatic nitrogens is 1. The molecule has 0 spiro atoms. The minimum Gasteiger partial charge on any atom is -0.365 e. The van der Waals surface area contributed by atoms with Gasteiger partial charge >= 0.3 is 0 Å². The molecule has 0 radical (unpaired) electrons. The van der Waals surface area contributed by atoms with Crippen LogP contribution in [0.25, 0.3) is 0 Å². The average molecular weight is 386 g/mol. The molecule has 5 nitrogen and oxygen atoms in total. The van der Waals surface area contributed by atoms with E-state index in [2.05, 4.69) is 5.32 Å². The van der Waals surface area contributed by atoms with Gasteiger partial charge in [0.25, 0.3) is 11.5 Å². The van der Waals surface area contributed by atoms with Crippen LogP contribution in [-0.4, -0.2) is 10.5 Å². The summed E-state index contributed by atoms with van der Waals surface area (Å²) in [5.41, 5.74) is 6.61. The van der Waals surface area contributed by atoms with Crippen molar-refractivity contribution in [3.8, 4) is 0 Å². The monoisotopic (exact) mass is 385 g/mol. The summed E-state index contributed by atoms with van der Waals surface area (Å²) in [6.45, 7) is 1.97. The molecule has 3 N–H and O–H groups in total. The van der Waals surface area contributed by atoms with Crippen LogP contribution in [-0.2, 0) is 6.54 Å². The van der Waals surface area contributed by atoms with Gasteiger partial charge in [-0.3, -0.25) is 9.59 Å². The summed E-state index contributed by atoms with van der Waals surface area (Å²) in [6, 6.07) is 13.8. The molecule has 0 bridgehead atoms. The number of anilines is 2. The molecule has 3 aromatic rings. The Morgan fingerprint density at radius 3 is 2.56 bits per heavy atom. The maximum atomic E-state index is 14.2. The van der Waals surface area contributed by atoms with Crippen molar-refractivity contribution in [2.45, 2.75) is 13.5 Å². The quantitative estimate of drug-likeness (QED) is 0.700. The van der Waals surface area contributed by atoms with Gasteiger partial charge in [-0.25, -0.2) is 4.39 Å². The van der Waals surface area contributed by atoms with E-state index in [-0.39, 0.29) is 28.5 Å². The molecule has 0 aliphatic carbocycles. The SMILES string of the molecule is Cc1ccc(Nc2c(C(N)=O)cn(Cc3ccccc3)c(=O)c2Cl)c(F)c1. The van der Waals surface area contributed by atoms with E-state index in [4.69, 9.17) is 17.3 Å². The molecule has 0 saturated heterocycles. The number of nitrogens with two attached hydrogens (primary N) is 1. The van der Waals surface area contributed by atoms with Crippen molar-refractivity contribution < 1.29 is 9.18 Å². The van der Waals surface area contributed by atoms with Crippen molar-refractivity contribution in [1.82, 2.24) is 4.57 Å². The second-order valence-corrected chi connectivity index (χ2v) is 6.50. The molecule has 3 rings (SSSR count). The van der Waals surface area contributed by atoms with Crippen LogP contribution in [0.3, 0.4) is 0 Å². The molecule has 7 heteroatoms. The van der Waals surface area contributed by atoms with E-state index in [1.807, 2.05) is 30.3 Å². The zero-order valence-corrected chi connectivity index (χ0v) is 15.3. The number of rotatable bonds is 5. The number of carbonyl (C=O) groups is 1. The van der Waals surface area contributed by atoms with Gasteiger partial charge in [0.2, 0.25) is 0 Å². The van der Waals surface area contributed by atoms with Crippen LogP contribution < -0.4 is 16.6 Å². The van der Waals surface area contributed by atoms with Crippen molar-refractivity contribution in [1.29, 1.82) is 0 Å². The van der Waals surface area contributed by atoms with Gasteiger partial charge in [-0.05, 0) is 30.2 Å². The van der Waals surface area contributed by atoms with E-state index in [1.165, 1.54) is 22.9 Å². The van der Waals surface area contributed by atoms with E-state index in [0.29, 0.717) is 0 Å². The number of carbonyl (C=O) groups excluding carboxylic acids is 1. The predicted molar refractivity (Wildman–Crippen MR) is 104 cm³/mol. The summed E-state index contributed by atoms with van der Waals surface area (Å²) < 4.78 is 15.5. The molecular formula is C20H17ClFN3O2. The molecule has 0 saturated carbocycles. The van der Waals surface area contributed by atoms with Crippen LogP contribution in [0.1, 0.15) is 21.5 Å². The van der Waals surface area contributed by atoms with E-state index in [0.717, 1.165) is 11.1 Å². The number of pyridine rings is 1. The Hall–Kier alpha value is -3.12. The van der Waals surface area contributed by atoms with Gasteiger partial charge in [-0.1, -0.05) is 48.0 Å². The summed E-state index contributed by atoms with van der Waals surface area (Å²) in [5.74, 6) is -1.32. The summed E-state index contributed by atoms with van der Waals surface area (Å²) in [7, 11) is 0. The number of halogens is 2. The number of primary amides is 1. The van der Waals surface area contributed by atoms with Crippen LogP contribution >= 0.6 is 11.6 Å². The molecule has 0 atom stereocenters. The molecule has 2 aromatic carbocycles. The lowest BCUT2D eigenvalue weighted by Crippen LogP contribution is -2.26. The van der Waals surface area contributed by atoms with Gasteiger partial charge in [0.1, 0.15) is 10.8 Å². The Bertz CT molecular complexity index is 1060. The van der Waals surface area contributed by atoms with Crippen molar-refractivity contribution >= 4 is 28.9 Å². The summed E-state index contributed by atoms with van der Waals surface area (Å²) >= 11 is 6.22. The Labute approximate surface area is 160 Å². The number of nitrogens with one attached hydrogen (secondary N) is 1. The molecule has 0 aliphatic rings. The zero-order chi connectivity index (χ0) is 19.6. The van der Waals surface area contributed by atoms with Gasteiger partial charge < -0.3 is 15.6 Å². The Morgan fingerprint density at radius 2 is 1.93 bits per heavy atom. The Balaban J connectivity index is 2.07. The molecule has 0 unspecified atom stereocenters. The lowest BCUT2D eigenvalue weighted by Gasteiger charge is -2.16. The van der Waals surface area contributed by atoms with Crippen molar-refractivity contribution in [3.63, 3.8) is 0 Å². The van der Waals surface area contributed by atoms with Crippen LogP contribution in [0.2, 0.25) is 5.02 Å². The third-order valence-corrected chi connectivity index (χ3v) is 4.42. The molecule has 0 aliphatic heterocycles. The lowest BCUT2D eigenvalue weighted by atomic mass is 10.1. The Morgan fingerprint density at radius 1 is 1.22 bits per heavy atom. The third-order valence-electron chi connectivity index (χ3n) is 4.07. The molecule has 1 aromatic heterocycles. The van der Waals surface area contributed by atoms with Crippen LogP contribution in [0.15, 0.2) is 59.5 Å². The molecule has 27 heavy (non-hydrogen) atoms. The van der Waals surface area contributed by atoms with E-state index >= 15 is 0 Å². The maximum absolute atomic E-state index is 14.2. The van der Waals surface area contributed by atoms with Crippen LogP contribution in [0, 0.1) is 12.7 Å². The molecule has 138 valence electrons. The fraction of sp³-hybridized carbons (Fsp3) is 0.100. The summed E-state index contributed by atoms with van der Waals surface area (Å²) in [6.07, 6.45) is 1.33. The number of amides is 1. The molecular weight excluding hydrogens is 369 g/mol.